The Kier molecular flexibility index (Phi) is 5.62. The Balaban J connectivity index is 1.92. The number of ketones is 1. The van der Waals surface area contributed by atoms with E-state index in [-0.39, 0.29) is 21.7 Å². The molecule has 3 aromatic carbocycles. The molecule has 0 saturated heterocycles. The Morgan fingerprint density at radius 3 is 2.27 bits per heavy atom. The number of methoxy groups -OCH3 is 1. The van der Waals surface area contributed by atoms with Crippen molar-refractivity contribution in [1.29, 1.82) is 0 Å². The minimum absolute atomic E-state index is 0.0541. The molecule has 0 fully saturated rings. The maximum Gasteiger partial charge on any atom is 0.573 e. The molecule has 1 heterocycles. The van der Waals surface area contributed by atoms with Crippen LogP contribution >= 0.6 is 0 Å². The van der Waals surface area contributed by atoms with Gasteiger partial charge in [-0.25, -0.2) is 12.4 Å². The molecular formula is C23H16F3NO5S. The highest BCUT2D eigenvalue weighted by molar-refractivity contribution is 7.90. The summed E-state index contributed by atoms with van der Waals surface area (Å²) in [5.41, 5.74) is -0.201. The number of aromatic nitrogens is 1. The van der Waals surface area contributed by atoms with E-state index in [1.807, 2.05) is 0 Å². The second-order valence-electron chi connectivity index (χ2n) is 6.94. The summed E-state index contributed by atoms with van der Waals surface area (Å²) < 4.78 is 74.8. The average molecular weight is 475 g/mol. The predicted octanol–water partition coefficient (Wildman–Crippen LogP) is 5.02. The summed E-state index contributed by atoms with van der Waals surface area (Å²) in [6.45, 7) is 0. The fourth-order valence-electron chi connectivity index (χ4n) is 3.39. The third-order valence-corrected chi connectivity index (χ3v) is 6.55. The first-order chi connectivity index (χ1) is 15.6. The number of carbonyl (C=O) groups excluding carboxylic acids is 1. The van der Waals surface area contributed by atoms with Crippen LogP contribution in [0.4, 0.5) is 13.2 Å². The number of fused-ring (bicyclic) bond motifs is 1. The topological polar surface area (TPSA) is 74.6 Å². The van der Waals surface area contributed by atoms with Gasteiger partial charge in [-0.3, -0.25) is 4.79 Å². The first kappa shape index (κ1) is 22.4. The summed E-state index contributed by atoms with van der Waals surface area (Å²) in [6, 6.07) is 17.9. The highest BCUT2D eigenvalue weighted by Gasteiger charge is 2.32. The standard InChI is InChI=1S/C23H16F3NO5S/c1-31-17-10-11-20-16(13-17)14-21(27(20)33(29,30)19-8-3-2-4-9-19)22(28)15-6-5-7-18(12-15)32-23(24,25)26/h2-14H,1H3. The zero-order valence-corrected chi connectivity index (χ0v) is 17.9. The second kappa shape index (κ2) is 8.28. The molecule has 0 saturated carbocycles. The van der Waals surface area contributed by atoms with Crippen molar-refractivity contribution in [3.63, 3.8) is 0 Å². The van der Waals surface area contributed by atoms with Crippen LogP contribution in [0.3, 0.4) is 0 Å². The van der Waals surface area contributed by atoms with Crippen LogP contribution in [0.15, 0.2) is 83.8 Å². The minimum Gasteiger partial charge on any atom is -0.497 e. The molecule has 0 radical (unpaired) electrons. The van der Waals surface area contributed by atoms with Gasteiger partial charge in [0.1, 0.15) is 17.2 Å². The monoisotopic (exact) mass is 475 g/mol. The summed E-state index contributed by atoms with van der Waals surface area (Å²) in [5, 5.41) is 0.403. The van der Waals surface area contributed by atoms with E-state index in [4.69, 9.17) is 4.74 Å². The van der Waals surface area contributed by atoms with Crippen molar-refractivity contribution in [2.45, 2.75) is 11.3 Å². The van der Waals surface area contributed by atoms with Gasteiger partial charge in [-0.2, -0.15) is 0 Å². The van der Waals surface area contributed by atoms with Crippen LogP contribution in [0.2, 0.25) is 0 Å². The van der Waals surface area contributed by atoms with Crippen LogP contribution < -0.4 is 9.47 Å². The molecule has 4 rings (SSSR count). The van der Waals surface area contributed by atoms with Crippen molar-refractivity contribution >= 4 is 26.7 Å². The molecule has 0 aliphatic heterocycles. The largest absolute Gasteiger partial charge is 0.573 e. The van der Waals surface area contributed by atoms with Gasteiger partial charge >= 0.3 is 6.36 Å². The SMILES string of the molecule is COc1ccc2c(c1)cc(C(=O)c1cccc(OC(F)(F)F)c1)n2S(=O)(=O)c1ccccc1. The smallest absolute Gasteiger partial charge is 0.497 e. The van der Waals surface area contributed by atoms with Gasteiger partial charge in [0.05, 0.1) is 17.5 Å². The molecule has 10 heteroatoms. The highest BCUT2D eigenvalue weighted by atomic mass is 32.2. The van der Waals surface area contributed by atoms with Crippen molar-refractivity contribution in [1.82, 2.24) is 3.97 Å². The lowest BCUT2D eigenvalue weighted by Gasteiger charge is -2.13. The zero-order valence-electron chi connectivity index (χ0n) is 17.0. The Bertz CT molecular complexity index is 1440. The average Bonchev–Trinajstić information content (AvgIpc) is 3.17. The fraction of sp³-hybridized carbons (Fsp3) is 0.0870. The van der Waals surface area contributed by atoms with Crippen LogP contribution in [0.25, 0.3) is 10.9 Å². The highest BCUT2D eigenvalue weighted by Crippen LogP contribution is 2.31. The third kappa shape index (κ3) is 4.42. The van der Waals surface area contributed by atoms with E-state index in [0.29, 0.717) is 11.1 Å². The number of carbonyl (C=O) groups is 1. The summed E-state index contributed by atoms with van der Waals surface area (Å²) in [6.07, 6.45) is -4.94. The summed E-state index contributed by atoms with van der Waals surface area (Å²) in [4.78, 5) is 13.3. The second-order valence-corrected chi connectivity index (χ2v) is 8.73. The Hall–Kier alpha value is -3.79. The van der Waals surface area contributed by atoms with Crippen molar-refractivity contribution < 1.29 is 35.9 Å². The Morgan fingerprint density at radius 2 is 1.61 bits per heavy atom. The van der Waals surface area contributed by atoms with Crippen LogP contribution in [-0.4, -0.2) is 31.6 Å². The predicted molar refractivity (Wildman–Crippen MR) is 114 cm³/mol. The molecule has 0 bridgehead atoms. The molecule has 0 aliphatic rings. The van der Waals surface area contributed by atoms with Gasteiger partial charge in [0.15, 0.2) is 0 Å². The van der Waals surface area contributed by atoms with E-state index in [0.717, 1.165) is 16.1 Å². The van der Waals surface area contributed by atoms with E-state index in [2.05, 4.69) is 4.74 Å². The number of alkyl halides is 3. The molecule has 0 unspecified atom stereocenters. The Labute approximate surface area is 186 Å². The number of ether oxygens (including phenoxy) is 2. The van der Waals surface area contributed by atoms with Gasteiger partial charge in [-0.15, -0.1) is 13.2 Å². The lowest BCUT2D eigenvalue weighted by molar-refractivity contribution is -0.274. The normalized spacial score (nSPS) is 12.0. The van der Waals surface area contributed by atoms with Gasteiger partial charge in [0, 0.05) is 10.9 Å². The molecule has 6 nitrogen and oxygen atoms in total. The van der Waals surface area contributed by atoms with Gasteiger partial charge in [-0.05, 0) is 48.5 Å². The lowest BCUT2D eigenvalue weighted by atomic mass is 10.1. The van der Waals surface area contributed by atoms with Crippen LogP contribution in [0.5, 0.6) is 11.5 Å². The van der Waals surface area contributed by atoms with Gasteiger partial charge in [-0.1, -0.05) is 30.3 Å². The molecular weight excluding hydrogens is 459 g/mol. The van der Waals surface area contributed by atoms with E-state index in [1.54, 1.807) is 30.3 Å². The van der Waals surface area contributed by atoms with E-state index >= 15 is 0 Å². The number of nitrogens with zero attached hydrogens (tertiary/aromatic N) is 1. The number of benzene rings is 3. The number of rotatable bonds is 6. The Morgan fingerprint density at radius 1 is 0.879 bits per heavy atom. The van der Waals surface area contributed by atoms with Crippen molar-refractivity contribution in [3.05, 3.63) is 90.1 Å². The van der Waals surface area contributed by atoms with Crippen LogP contribution in [0.1, 0.15) is 16.1 Å². The van der Waals surface area contributed by atoms with Crippen molar-refractivity contribution in [2.75, 3.05) is 7.11 Å². The third-order valence-electron chi connectivity index (χ3n) is 4.81. The quantitative estimate of drug-likeness (QED) is 0.366. The molecule has 0 atom stereocenters. The van der Waals surface area contributed by atoms with Gasteiger partial charge in [0.25, 0.3) is 10.0 Å². The molecule has 1 aromatic heterocycles. The van der Waals surface area contributed by atoms with Crippen LogP contribution in [0, 0.1) is 0 Å². The summed E-state index contributed by atoms with van der Waals surface area (Å²) >= 11 is 0. The molecule has 170 valence electrons. The van der Waals surface area contributed by atoms with Crippen molar-refractivity contribution in [3.8, 4) is 11.5 Å². The molecule has 33 heavy (non-hydrogen) atoms. The molecule has 0 spiro atoms. The molecule has 0 amide bonds. The van der Waals surface area contributed by atoms with E-state index < -0.39 is 27.9 Å². The van der Waals surface area contributed by atoms with E-state index in [1.165, 1.54) is 43.5 Å². The minimum atomic E-state index is -4.94. The number of hydrogen-bond acceptors (Lipinski definition) is 5. The fourth-order valence-corrected chi connectivity index (χ4v) is 4.92. The van der Waals surface area contributed by atoms with Gasteiger partial charge in [0.2, 0.25) is 5.78 Å². The van der Waals surface area contributed by atoms with Crippen LogP contribution in [-0.2, 0) is 10.0 Å². The summed E-state index contributed by atoms with van der Waals surface area (Å²) in [5.74, 6) is -0.947. The first-order valence-corrected chi connectivity index (χ1v) is 10.9. The number of halogens is 3. The van der Waals surface area contributed by atoms with E-state index in [9.17, 15) is 26.4 Å². The zero-order chi connectivity index (χ0) is 23.8. The molecule has 4 aromatic rings. The first-order valence-electron chi connectivity index (χ1n) is 9.51. The van der Waals surface area contributed by atoms with Crippen molar-refractivity contribution in [2.24, 2.45) is 0 Å². The lowest BCUT2D eigenvalue weighted by Crippen LogP contribution is -2.19. The van der Waals surface area contributed by atoms with Gasteiger partial charge < -0.3 is 9.47 Å². The molecule has 0 N–H and O–H groups in total. The maximum absolute atomic E-state index is 13.5. The molecule has 0 aliphatic carbocycles. The summed E-state index contributed by atoms with van der Waals surface area (Å²) in [7, 11) is -2.78. The number of hydrogen-bond donors (Lipinski definition) is 0. The maximum atomic E-state index is 13.5.